The number of nitrogens with two attached hydrogens (primary N) is 1. The lowest BCUT2D eigenvalue weighted by Crippen LogP contribution is -2.11. The van der Waals surface area contributed by atoms with Gasteiger partial charge in [0.25, 0.3) is 5.91 Å². The Labute approximate surface area is 90.8 Å². The predicted molar refractivity (Wildman–Crippen MR) is 60.9 cm³/mol. The van der Waals surface area contributed by atoms with Gasteiger partial charge in [-0.2, -0.15) is 0 Å². The van der Waals surface area contributed by atoms with Crippen LogP contribution in [0.2, 0.25) is 0 Å². The number of nitrogen functional groups attached to an aromatic ring is 1. The van der Waals surface area contributed by atoms with Gasteiger partial charge in [-0.1, -0.05) is 18.2 Å². The molecule has 76 valence electrons. The number of hydrogen-bond acceptors (Lipinski definition) is 4. The Morgan fingerprint density at radius 3 is 2.67 bits per heavy atom. The maximum Gasteiger partial charge on any atom is 0.269 e. The van der Waals surface area contributed by atoms with Gasteiger partial charge in [-0.15, -0.1) is 11.3 Å². The summed E-state index contributed by atoms with van der Waals surface area (Å²) in [6, 6.07) is 9.22. The number of carbonyl (C=O) groups is 1. The molecular weight excluding hydrogens is 210 g/mol. The summed E-state index contributed by atoms with van der Waals surface area (Å²) in [5.41, 5.74) is 7.83. The number of rotatable bonds is 2. The van der Waals surface area contributed by atoms with Gasteiger partial charge in [0.1, 0.15) is 10.7 Å². The lowest BCUT2D eigenvalue weighted by Gasteiger charge is -2.02. The van der Waals surface area contributed by atoms with Gasteiger partial charge in [0, 0.05) is 5.69 Å². The summed E-state index contributed by atoms with van der Waals surface area (Å²) in [7, 11) is 0. The van der Waals surface area contributed by atoms with Crippen LogP contribution in [-0.2, 0) is 0 Å². The van der Waals surface area contributed by atoms with Crippen molar-refractivity contribution < 1.29 is 4.79 Å². The highest BCUT2D eigenvalue weighted by Gasteiger charge is 2.11. The molecule has 1 aromatic heterocycles. The summed E-state index contributed by atoms with van der Waals surface area (Å²) >= 11 is 1.23. The number of amides is 1. The van der Waals surface area contributed by atoms with E-state index in [2.05, 4.69) is 10.3 Å². The number of anilines is 2. The molecule has 4 nitrogen and oxygen atoms in total. The van der Waals surface area contributed by atoms with Crippen LogP contribution in [0.3, 0.4) is 0 Å². The minimum atomic E-state index is -0.221. The van der Waals surface area contributed by atoms with Crippen molar-refractivity contribution in [2.45, 2.75) is 0 Å². The third kappa shape index (κ3) is 2.13. The van der Waals surface area contributed by atoms with Crippen molar-refractivity contribution in [1.29, 1.82) is 0 Å². The van der Waals surface area contributed by atoms with Crippen molar-refractivity contribution in [2.24, 2.45) is 0 Å². The second kappa shape index (κ2) is 4.10. The Hall–Kier alpha value is -1.88. The molecule has 1 heterocycles. The van der Waals surface area contributed by atoms with Crippen LogP contribution in [0.5, 0.6) is 0 Å². The Morgan fingerprint density at radius 2 is 2.07 bits per heavy atom. The van der Waals surface area contributed by atoms with E-state index in [0.29, 0.717) is 4.88 Å². The molecule has 0 saturated carbocycles. The fourth-order valence-electron chi connectivity index (χ4n) is 1.13. The zero-order valence-electron chi connectivity index (χ0n) is 7.81. The maximum atomic E-state index is 11.7. The van der Waals surface area contributed by atoms with Crippen molar-refractivity contribution in [1.82, 2.24) is 4.98 Å². The summed E-state index contributed by atoms with van der Waals surface area (Å²) in [6.45, 7) is 0. The van der Waals surface area contributed by atoms with Crippen LogP contribution in [0, 0.1) is 0 Å². The Kier molecular flexibility index (Phi) is 2.64. The topological polar surface area (TPSA) is 68.0 Å². The Morgan fingerprint density at radius 1 is 1.33 bits per heavy atom. The average Bonchev–Trinajstić information content (AvgIpc) is 2.66. The molecule has 0 aliphatic rings. The van der Waals surface area contributed by atoms with Crippen LogP contribution >= 0.6 is 11.3 Å². The van der Waals surface area contributed by atoms with Gasteiger partial charge >= 0.3 is 0 Å². The first-order valence-electron chi connectivity index (χ1n) is 4.33. The lowest BCUT2D eigenvalue weighted by atomic mass is 10.3. The van der Waals surface area contributed by atoms with Crippen molar-refractivity contribution in [3.63, 3.8) is 0 Å². The second-order valence-electron chi connectivity index (χ2n) is 2.89. The summed E-state index contributed by atoms with van der Waals surface area (Å²) in [4.78, 5) is 15.9. The molecule has 15 heavy (non-hydrogen) atoms. The lowest BCUT2D eigenvalue weighted by molar-refractivity contribution is 0.103. The minimum Gasteiger partial charge on any atom is -0.382 e. The smallest absolute Gasteiger partial charge is 0.269 e. The number of benzene rings is 1. The number of carbonyl (C=O) groups excluding carboxylic acids is 1. The molecule has 2 rings (SSSR count). The third-order valence-electron chi connectivity index (χ3n) is 1.83. The largest absolute Gasteiger partial charge is 0.382 e. The molecule has 0 spiro atoms. The second-order valence-corrected chi connectivity index (χ2v) is 3.74. The fraction of sp³-hybridized carbons (Fsp3) is 0. The minimum absolute atomic E-state index is 0.221. The average molecular weight is 219 g/mol. The first kappa shape index (κ1) is 9.67. The van der Waals surface area contributed by atoms with Crippen molar-refractivity contribution >= 4 is 28.7 Å². The normalized spacial score (nSPS) is 9.87. The van der Waals surface area contributed by atoms with E-state index in [0.717, 1.165) is 5.69 Å². The van der Waals surface area contributed by atoms with Gasteiger partial charge in [0.2, 0.25) is 0 Å². The number of hydrogen-bond donors (Lipinski definition) is 2. The van der Waals surface area contributed by atoms with E-state index in [-0.39, 0.29) is 11.7 Å². The SMILES string of the molecule is Nc1ncsc1C(=O)Nc1ccccc1. The standard InChI is InChI=1S/C10H9N3OS/c11-9-8(15-6-12-9)10(14)13-7-4-2-1-3-5-7/h1-6H,11H2,(H,13,14). The Balaban J connectivity index is 2.15. The van der Waals surface area contributed by atoms with Gasteiger partial charge in [0.15, 0.2) is 0 Å². The third-order valence-corrected chi connectivity index (χ3v) is 2.67. The van der Waals surface area contributed by atoms with Crippen molar-refractivity contribution in [2.75, 3.05) is 11.1 Å². The van der Waals surface area contributed by atoms with Crippen LogP contribution in [0.1, 0.15) is 9.67 Å². The molecule has 0 saturated heterocycles. The molecule has 1 aromatic carbocycles. The summed E-state index contributed by atoms with van der Waals surface area (Å²) in [6.07, 6.45) is 0. The molecule has 0 bridgehead atoms. The molecule has 0 aliphatic carbocycles. The molecule has 0 unspecified atom stereocenters. The number of aromatic nitrogens is 1. The quantitative estimate of drug-likeness (QED) is 0.811. The number of nitrogens with zero attached hydrogens (tertiary/aromatic N) is 1. The summed E-state index contributed by atoms with van der Waals surface area (Å²) in [5, 5.41) is 2.74. The van der Waals surface area contributed by atoms with Gasteiger partial charge in [-0.05, 0) is 12.1 Å². The van der Waals surface area contributed by atoms with E-state index in [1.165, 1.54) is 11.3 Å². The van der Waals surface area contributed by atoms with E-state index >= 15 is 0 Å². The number of para-hydroxylation sites is 1. The van der Waals surface area contributed by atoms with Gasteiger partial charge in [-0.3, -0.25) is 4.79 Å². The molecule has 1 amide bonds. The van der Waals surface area contributed by atoms with Gasteiger partial charge < -0.3 is 11.1 Å². The van der Waals surface area contributed by atoms with E-state index in [1.54, 1.807) is 5.51 Å². The highest BCUT2D eigenvalue weighted by molar-refractivity contribution is 7.12. The van der Waals surface area contributed by atoms with E-state index in [1.807, 2.05) is 30.3 Å². The van der Waals surface area contributed by atoms with Gasteiger partial charge in [-0.25, -0.2) is 4.98 Å². The molecule has 0 aliphatic heterocycles. The zero-order chi connectivity index (χ0) is 10.7. The number of thiazole rings is 1. The fourth-order valence-corrected chi connectivity index (χ4v) is 1.74. The van der Waals surface area contributed by atoms with E-state index < -0.39 is 0 Å². The summed E-state index contributed by atoms with van der Waals surface area (Å²) in [5.74, 6) is 0.0506. The van der Waals surface area contributed by atoms with Crippen molar-refractivity contribution in [3.05, 3.63) is 40.7 Å². The summed E-state index contributed by atoms with van der Waals surface area (Å²) < 4.78 is 0. The van der Waals surface area contributed by atoms with E-state index in [9.17, 15) is 4.79 Å². The van der Waals surface area contributed by atoms with Crippen LogP contribution in [-0.4, -0.2) is 10.9 Å². The molecule has 2 aromatic rings. The van der Waals surface area contributed by atoms with Gasteiger partial charge in [0.05, 0.1) is 5.51 Å². The highest BCUT2D eigenvalue weighted by atomic mass is 32.1. The predicted octanol–water partition coefficient (Wildman–Crippen LogP) is 1.98. The molecule has 0 atom stereocenters. The molecule has 0 radical (unpaired) electrons. The highest BCUT2D eigenvalue weighted by Crippen LogP contribution is 2.17. The molecular formula is C10H9N3OS. The molecule has 5 heteroatoms. The van der Waals surface area contributed by atoms with Crippen LogP contribution in [0.4, 0.5) is 11.5 Å². The van der Waals surface area contributed by atoms with Crippen LogP contribution < -0.4 is 11.1 Å². The Bertz CT molecular complexity index is 467. The first-order chi connectivity index (χ1) is 7.27. The monoisotopic (exact) mass is 219 g/mol. The van der Waals surface area contributed by atoms with Crippen LogP contribution in [0.15, 0.2) is 35.8 Å². The maximum absolute atomic E-state index is 11.7. The van der Waals surface area contributed by atoms with E-state index in [4.69, 9.17) is 5.73 Å². The number of nitrogens with one attached hydrogen (secondary N) is 1. The molecule has 3 N–H and O–H groups in total. The van der Waals surface area contributed by atoms with Crippen molar-refractivity contribution in [3.8, 4) is 0 Å². The van der Waals surface area contributed by atoms with Crippen LogP contribution in [0.25, 0.3) is 0 Å². The zero-order valence-corrected chi connectivity index (χ0v) is 8.62. The molecule has 0 fully saturated rings. The first-order valence-corrected chi connectivity index (χ1v) is 5.20.